The Labute approximate surface area is 170 Å². The average Bonchev–Trinajstić information content (AvgIpc) is 3.37. The molecule has 0 aliphatic carbocycles. The van der Waals surface area contributed by atoms with Gasteiger partial charge in [0, 0.05) is 33.8 Å². The van der Waals surface area contributed by atoms with E-state index in [0.29, 0.717) is 4.21 Å². The van der Waals surface area contributed by atoms with E-state index in [1.807, 2.05) is 30.5 Å². The second kappa shape index (κ2) is 7.40. The van der Waals surface area contributed by atoms with E-state index in [1.54, 1.807) is 18.2 Å². The lowest BCUT2D eigenvalue weighted by Gasteiger charge is -2.04. The number of aryl methyl sites for hydroxylation is 2. The van der Waals surface area contributed by atoms with Gasteiger partial charge in [0.15, 0.2) is 4.96 Å². The number of fused-ring (bicyclic) bond motifs is 1. The van der Waals surface area contributed by atoms with Gasteiger partial charge in [-0.15, -0.1) is 11.3 Å². The fraction of sp³-hybridized carbons (Fsp3) is 0.211. The zero-order chi connectivity index (χ0) is 19.9. The number of sulfonamides is 1. The lowest BCUT2D eigenvalue weighted by molar-refractivity contribution is 0.583. The first-order chi connectivity index (χ1) is 13.4. The molecule has 5 nitrogen and oxygen atoms in total. The Balaban J connectivity index is 1.55. The van der Waals surface area contributed by atoms with E-state index >= 15 is 0 Å². The predicted molar refractivity (Wildman–Crippen MR) is 111 cm³/mol. The minimum absolute atomic E-state index is 0.216. The summed E-state index contributed by atoms with van der Waals surface area (Å²) in [6.45, 7) is 4.15. The van der Waals surface area contributed by atoms with Crippen LogP contribution in [-0.2, 0) is 23.0 Å². The molecular weight excluding hydrogens is 417 g/mol. The molecule has 28 heavy (non-hydrogen) atoms. The summed E-state index contributed by atoms with van der Waals surface area (Å²) in [7, 11) is -3.53. The maximum atomic E-state index is 13.1. The van der Waals surface area contributed by atoms with Gasteiger partial charge in [0.1, 0.15) is 10.0 Å². The van der Waals surface area contributed by atoms with Gasteiger partial charge in [-0.3, -0.25) is 4.40 Å². The van der Waals surface area contributed by atoms with Crippen LogP contribution in [0.3, 0.4) is 0 Å². The van der Waals surface area contributed by atoms with E-state index in [2.05, 4.69) is 9.71 Å². The van der Waals surface area contributed by atoms with Crippen LogP contribution in [0.1, 0.15) is 22.4 Å². The van der Waals surface area contributed by atoms with Crippen LogP contribution in [0.15, 0.2) is 46.8 Å². The smallest absolute Gasteiger partial charge is 0.250 e. The Bertz CT molecular complexity index is 1240. The maximum absolute atomic E-state index is 13.1. The fourth-order valence-electron chi connectivity index (χ4n) is 2.84. The van der Waals surface area contributed by atoms with Gasteiger partial charge in [-0.1, -0.05) is 18.3 Å². The van der Waals surface area contributed by atoms with Crippen LogP contribution in [-0.4, -0.2) is 17.8 Å². The predicted octanol–water partition coefficient (Wildman–Crippen LogP) is 4.61. The quantitative estimate of drug-likeness (QED) is 0.481. The van der Waals surface area contributed by atoms with Gasteiger partial charge in [0.2, 0.25) is 10.0 Å². The third-order valence-electron chi connectivity index (χ3n) is 4.47. The number of nitrogens with zero attached hydrogens (tertiary/aromatic N) is 2. The fourth-order valence-corrected chi connectivity index (χ4v) is 6.31. The minimum atomic E-state index is -3.53. The van der Waals surface area contributed by atoms with Crippen molar-refractivity contribution in [1.82, 2.24) is 14.1 Å². The number of aromatic nitrogens is 2. The van der Waals surface area contributed by atoms with E-state index < -0.39 is 10.0 Å². The zero-order valence-electron chi connectivity index (χ0n) is 15.3. The summed E-state index contributed by atoms with van der Waals surface area (Å²) in [5.41, 5.74) is 2.53. The van der Waals surface area contributed by atoms with Crippen molar-refractivity contribution in [2.75, 3.05) is 0 Å². The van der Waals surface area contributed by atoms with E-state index in [9.17, 15) is 12.8 Å². The second-order valence-electron chi connectivity index (χ2n) is 6.30. The Morgan fingerprint density at radius 2 is 1.89 bits per heavy atom. The van der Waals surface area contributed by atoms with Crippen molar-refractivity contribution in [3.05, 3.63) is 63.9 Å². The normalized spacial score (nSPS) is 12.1. The van der Waals surface area contributed by atoms with Crippen molar-refractivity contribution < 1.29 is 12.8 Å². The van der Waals surface area contributed by atoms with Crippen LogP contribution >= 0.6 is 22.7 Å². The van der Waals surface area contributed by atoms with Crippen molar-refractivity contribution >= 4 is 37.7 Å². The number of imidazole rings is 1. The average molecular weight is 436 g/mol. The summed E-state index contributed by atoms with van der Waals surface area (Å²) in [5.74, 6) is -0.285. The molecule has 0 bridgehead atoms. The van der Waals surface area contributed by atoms with Gasteiger partial charge in [-0.25, -0.2) is 22.5 Å². The summed E-state index contributed by atoms with van der Waals surface area (Å²) < 4.78 is 43.1. The van der Waals surface area contributed by atoms with Gasteiger partial charge < -0.3 is 0 Å². The minimum Gasteiger partial charge on any atom is -0.294 e. The highest BCUT2D eigenvalue weighted by atomic mass is 32.2. The third kappa shape index (κ3) is 3.62. The molecular formula is C19H18FN3O2S3. The number of nitrogens with one attached hydrogen (secondary N) is 1. The molecule has 0 amide bonds. The van der Waals surface area contributed by atoms with Gasteiger partial charge in [0.25, 0.3) is 0 Å². The highest BCUT2D eigenvalue weighted by Crippen LogP contribution is 2.28. The monoisotopic (exact) mass is 435 g/mol. The topological polar surface area (TPSA) is 63.5 Å². The van der Waals surface area contributed by atoms with Gasteiger partial charge in [-0.05, 0) is 49.7 Å². The number of rotatable bonds is 6. The Hall–Kier alpha value is -2.07. The van der Waals surface area contributed by atoms with E-state index in [-0.39, 0.29) is 12.4 Å². The van der Waals surface area contributed by atoms with Crippen molar-refractivity contribution in [1.29, 1.82) is 0 Å². The standard InChI is InChI=1S/C19H18FN3O2S3/c1-3-15-8-9-18(26-15)28(24,25)21-10-17-12(2)23-11-16(22-19(23)27-17)13-4-6-14(20)7-5-13/h4-9,11,21H,3,10H2,1-2H3. The second-order valence-corrected chi connectivity index (χ2v) is 10.5. The van der Waals surface area contributed by atoms with Gasteiger partial charge >= 0.3 is 0 Å². The van der Waals surface area contributed by atoms with Crippen LogP contribution in [0.25, 0.3) is 16.2 Å². The van der Waals surface area contributed by atoms with Crippen molar-refractivity contribution in [2.45, 2.75) is 31.0 Å². The van der Waals surface area contributed by atoms with Crippen LogP contribution in [0.4, 0.5) is 4.39 Å². The van der Waals surface area contributed by atoms with Crippen molar-refractivity contribution in [3.8, 4) is 11.3 Å². The number of hydrogen-bond donors (Lipinski definition) is 1. The van der Waals surface area contributed by atoms with Crippen LogP contribution in [0.5, 0.6) is 0 Å². The van der Waals surface area contributed by atoms with Crippen molar-refractivity contribution in [3.63, 3.8) is 0 Å². The first kappa shape index (κ1) is 19.3. The highest BCUT2D eigenvalue weighted by molar-refractivity contribution is 7.91. The first-order valence-electron chi connectivity index (χ1n) is 8.69. The molecule has 3 aromatic heterocycles. The van der Waals surface area contributed by atoms with E-state index in [1.165, 1.54) is 34.8 Å². The molecule has 1 N–H and O–H groups in total. The molecule has 3 heterocycles. The molecule has 9 heteroatoms. The largest absolute Gasteiger partial charge is 0.294 e. The van der Waals surface area contributed by atoms with Gasteiger partial charge in [0.05, 0.1) is 5.69 Å². The Morgan fingerprint density at radius 3 is 2.54 bits per heavy atom. The number of benzene rings is 1. The third-order valence-corrected chi connectivity index (χ3v) is 8.75. The Kier molecular flexibility index (Phi) is 5.09. The summed E-state index contributed by atoms with van der Waals surface area (Å²) in [6.07, 6.45) is 2.71. The molecule has 0 radical (unpaired) electrons. The molecule has 0 unspecified atom stereocenters. The Morgan fingerprint density at radius 1 is 1.14 bits per heavy atom. The maximum Gasteiger partial charge on any atom is 0.250 e. The van der Waals surface area contributed by atoms with Crippen LogP contribution < -0.4 is 4.72 Å². The summed E-state index contributed by atoms with van der Waals surface area (Å²) in [6, 6.07) is 9.69. The summed E-state index contributed by atoms with van der Waals surface area (Å²) in [4.78, 5) is 7.32. The molecule has 0 spiro atoms. The molecule has 0 atom stereocenters. The first-order valence-corrected chi connectivity index (χ1v) is 11.8. The molecule has 0 aliphatic heterocycles. The molecule has 0 fully saturated rings. The SMILES string of the molecule is CCc1ccc(S(=O)(=O)NCc2sc3nc(-c4ccc(F)cc4)cn3c2C)s1. The molecule has 0 saturated carbocycles. The number of thiophene rings is 1. The molecule has 146 valence electrons. The molecule has 4 rings (SSSR count). The van der Waals surface area contributed by atoms with E-state index in [0.717, 1.165) is 38.1 Å². The van der Waals surface area contributed by atoms with E-state index in [4.69, 9.17) is 0 Å². The summed E-state index contributed by atoms with van der Waals surface area (Å²) in [5, 5.41) is 0. The lowest BCUT2D eigenvalue weighted by Crippen LogP contribution is -2.22. The van der Waals surface area contributed by atoms with Crippen LogP contribution in [0.2, 0.25) is 0 Å². The van der Waals surface area contributed by atoms with Crippen LogP contribution in [0, 0.1) is 12.7 Å². The molecule has 0 saturated heterocycles. The zero-order valence-corrected chi connectivity index (χ0v) is 17.7. The van der Waals surface area contributed by atoms with Gasteiger partial charge in [-0.2, -0.15) is 0 Å². The number of halogens is 1. The molecule has 4 aromatic rings. The molecule has 0 aliphatic rings. The highest BCUT2D eigenvalue weighted by Gasteiger charge is 2.19. The lowest BCUT2D eigenvalue weighted by atomic mass is 10.2. The number of thiazole rings is 1. The van der Waals surface area contributed by atoms with Crippen molar-refractivity contribution in [2.24, 2.45) is 0 Å². The summed E-state index contributed by atoms with van der Waals surface area (Å²) >= 11 is 2.74. The number of hydrogen-bond acceptors (Lipinski definition) is 5. The molecule has 1 aromatic carbocycles.